The molecule has 1 N–H and O–H groups in total. The van der Waals surface area contributed by atoms with Crippen molar-refractivity contribution < 1.29 is 23.9 Å². The summed E-state index contributed by atoms with van der Waals surface area (Å²) in [4.78, 5) is 43.0. The van der Waals surface area contributed by atoms with E-state index >= 15 is 0 Å². The number of anilines is 1. The lowest BCUT2D eigenvalue weighted by molar-refractivity contribution is -0.385. The topological polar surface area (TPSA) is 147 Å². The number of rotatable bonds is 13. The second-order valence-electron chi connectivity index (χ2n) is 11.5. The number of ether oxygens (including phenoxy) is 3. The second-order valence-corrected chi connectivity index (χ2v) is 11.9. The first-order valence-electron chi connectivity index (χ1n) is 16.0. The van der Waals surface area contributed by atoms with Gasteiger partial charge < -0.3 is 19.5 Å². The molecule has 0 unspecified atom stereocenters. The minimum atomic E-state index is -0.641. The molecule has 0 aliphatic rings. The van der Waals surface area contributed by atoms with Crippen LogP contribution in [0.5, 0.6) is 17.2 Å². The van der Waals surface area contributed by atoms with Gasteiger partial charge in [0.25, 0.3) is 11.5 Å². The SMILES string of the molecule is CCOc1cc(C)c(-c2nc3ccccc3c(=O)n2N=Cc2cc(OCC)c(OCC(=O)Nc3ccc(Cl)cc3)c([N+](=O)[O-])c2)cc1C(C)C. The molecule has 0 radical (unpaired) electrons. The summed E-state index contributed by atoms with van der Waals surface area (Å²) < 4.78 is 18.5. The van der Waals surface area contributed by atoms with E-state index in [-0.39, 0.29) is 29.6 Å². The lowest BCUT2D eigenvalue weighted by atomic mass is 9.96. The Hall–Kier alpha value is -5.75. The number of nitrogens with zero attached hydrogens (tertiary/aromatic N) is 4. The quantitative estimate of drug-likeness (QED) is 0.0746. The maximum atomic E-state index is 13.9. The molecule has 0 aliphatic heterocycles. The van der Waals surface area contributed by atoms with Gasteiger partial charge in [0, 0.05) is 27.9 Å². The number of hydrogen-bond donors (Lipinski definition) is 1. The molecule has 13 heteroatoms. The zero-order valence-corrected chi connectivity index (χ0v) is 29.0. The molecule has 50 heavy (non-hydrogen) atoms. The monoisotopic (exact) mass is 697 g/mol. The number of nitrogens with one attached hydrogen (secondary N) is 1. The van der Waals surface area contributed by atoms with Crippen LogP contribution >= 0.6 is 11.6 Å². The van der Waals surface area contributed by atoms with E-state index in [9.17, 15) is 19.7 Å². The minimum Gasteiger partial charge on any atom is -0.494 e. The number of nitro groups is 1. The zero-order valence-electron chi connectivity index (χ0n) is 28.2. The molecule has 4 aromatic carbocycles. The molecule has 0 bridgehead atoms. The van der Waals surface area contributed by atoms with Gasteiger partial charge >= 0.3 is 5.69 Å². The van der Waals surface area contributed by atoms with Crippen LogP contribution in [0.2, 0.25) is 5.02 Å². The molecule has 0 atom stereocenters. The molecule has 12 nitrogen and oxygen atoms in total. The highest BCUT2D eigenvalue weighted by Crippen LogP contribution is 2.39. The Morgan fingerprint density at radius 2 is 1.72 bits per heavy atom. The number of aryl methyl sites for hydroxylation is 1. The molecule has 5 rings (SSSR count). The van der Waals surface area contributed by atoms with Crippen molar-refractivity contribution in [1.29, 1.82) is 0 Å². The third kappa shape index (κ3) is 7.92. The highest BCUT2D eigenvalue weighted by molar-refractivity contribution is 6.30. The molecule has 0 spiro atoms. The molecule has 5 aromatic rings. The van der Waals surface area contributed by atoms with Crippen LogP contribution in [0.1, 0.15) is 50.3 Å². The average Bonchev–Trinajstić information content (AvgIpc) is 3.08. The van der Waals surface area contributed by atoms with Crippen LogP contribution in [0.15, 0.2) is 82.7 Å². The largest absolute Gasteiger partial charge is 0.494 e. The van der Waals surface area contributed by atoms with Gasteiger partial charge in [0.1, 0.15) is 5.75 Å². The van der Waals surface area contributed by atoms with Crippen LogP contribution in [0, 0.1) is 17.0 Å². The lowest BCUT2D eigenvalue weighted by Gasteiger charge is -2.18. The van der Waals surface area contributed by atoms with Crippen molar-refractivity contribution >= 4 is 46.0 Å². The summed E-state index contributed by atoms with van der Waals surface area (Å²) in [6.07, 6.45) is 1.32. The summed E-state index contributed by atoms with van der Waals surface area (Å²) in [6.45, 7) is 9.76. The van der Waals surface area contributed by atoms with Gasteiger partial charge in [-0.2, -0.15) is 9.78 Å². The van der Waals surface area contributed by atoms with Crippen molar-refractivity contribution in [2.24, 2.45) is 5.10 Å². The average molecular weight is 698 g/mol. The Bertz CT molecular complexity index is 2150. The van der Waals surface area contributed by atoms with Crippen molar-refractivity contribution in [3.05, 3.63) is 115 Å². The van der Waals surface area contributed by atoms with Crippen molar-refractivity contribution in [3.8, 4) is 28.6 Å². The van der Waals surface area contributed by atoms with Crippen molar-refractivity contribution in [2.45, 2.75) is 40.5 Å². The van der Waals surface area contributed by atoms with E-state index in [0.717, 1.165) is 16.9 Å². The molecular weight excluding hydrogens is 662 g/mol. The van der Waals surface area contributed by atoms with Gasteiger partial charge in [-0.3, -0.25) is 19.7 Å². The van der Waals surface area contributed by atoms with Gasteiger partial charge in [-0.25, -0.2) is 4.98 Å². The maximum absolute atomic E-state index is 13.9. The van der Waals surface area contributed by atoms with Gasteiger partial charge in [0.15, 0.2) is 18.2 Å². The van der Waals surface area contributed by atoms with Crippen LogP contribution in [-0.4, -0.2) is 46.5 Å². The van der Waals surface area contributed by atoms with Gasteiger partial charge in [-0.05, 0) is 92.4 Å². The van der Waals surface area contributed by atoms with Gasteiger partial charge in [-0.1, -0.05) is 37.6 Å². The van der Waals surface area contributed by atoms with Crippen LogP contribution in [0.3, 0.4) is 0 Å². The Morgan fingerprint density at radius 1 is 1.02 bits per heavy atom. The zero-order chi connectivity index (χ0) is 35.9. The summed E-state index contributed by atoms with van der Waals surface area (Å²) in [5.74, 6) is 0.408. The minimum absolute atomic E-state index is 0.0237. The number of amides is 1. The highest BCUT2D eigenvalue weighted by atomic mass is 35.5. The Balaban J connectivity index is 1.57. The van der Waals surface area contributed by atoms with E-state index in [4.69, 9.17) is 30.8 Å². The van der Waals surface area contributed by atoms with Crippen molar-refractivity contribution in [1.82, 2.24) is 9.66 Å². The van der Waals surface area contributed by atoms with Crippen molar-refractivity contribution in [3.63, 3.8) is 0 Å². The second kappa shape index (κ2) is 15.6. The number of para-hydroxylation sites is 1. The number of halogens is 1. The van der Waals surface area contributed by atoms with Gasteiger partial charge in [0.2, 0.25) is 5.75 Å². The van der Waals surface area contributed by atoms with Gasteiger partial charge in [-0.15, -0.1) is 0 Å². The summed E-state index contributed by atoms with van der Waals surface area (Å²) in [5, 5.41) is 20.3. The van der Waals surface area contributed by atoms with Crippen LogP contribution in [0.4, 0.5) is 11.4 Å². The van der Waals surface area contributed by atoms with E-state index in [0.29, 0.717) is 39.6 Å². The number of aromatic nitrogens is 2. The number of carbonyl (C=O) groups is 1. The van der Waals surface area contributed by atoms with Gasteiger partial charge in [0.05, 0.1) is 35.3 Å². The Labute approximate surface area is 293 Å². The third-order valence-corrected chi connectivity index (χ3v) is 7.88. The summed E-state index contributed by atoms with van der Waals surface area (Å²) in [6, 6.07) is 20.0. The van der Waals surface area contributed by atoms with E-state index in [1.165, 1.54) is 23.0 Å². The number of nitro benzene ring substituents is 1. The maximum Gasteiger partial charge on any atom is 0.315 e. The van der Waals surface area contributed by atoms with Crippen LogP contribution < -0.4 is 25.1 Å². The Morgan fingerprint density at radius 3 is 2.40 bits per heavy atom. The van der Waals surface area contributed by atoms with Crippen LogP contribution in [-0.2, 0) is 4.79 Å². The smallest absolute Gasteiger partial charge is 0.315 e. The first-order chi connectivity index (χ1) is 24.0. The summed E-state index contributed by atoms with van der Waals surface area (Å²) >= 11 is 5.91. The number of benzene rings is 4. The predicted octanol–water partition coefficient (Wildman–Crippen LogP) is 7.75. The molecule has 1 amide bonds. The standard InChI is InChI=1S/C37H36ClN5O7/c1-6-48-32-16-23(5)29(19-28(32)22(3)4)36-41-30-11-9-8-10-27(30)37(45)42(36)39-20-24-17-31(43(46)47)35(33(18-24)49-7-2)50-21-34(44)40-26-14-12-25(38)13-15-26/h8-20,22H,6-7,21H2,1-5H3,(H,40,44). The fourth-order valence-corrected chi connectivity index (χ4v) is 5.42. The number of hydrogen-bond acceptors (Lipinski definition) is 9. The van der Waals surface area contributed by atoms with Crippen LogP contribution in [0.25, 0.3) is 22.3 Å². The molecule has 0 saturated carbocycles. The fourth-order valence-electron chi connectivity index (χ4n) is 5.29. The summed E-state index contributed by atoms with van der Waals surface area (Å²) in [7, 11) is 0. The normalized spacial score (nSPS) is 11.3. The van der Waals surface area contributed by atoms with E-state index in [1.807, 2.05) is 26.0 Å². The molecule has 1 heterocycles. The molecule has 1 aromatic heterocycles. The lowest BCUT2D eigenvalue weighted by Crippen LogP contribution is -2.21. The Kier molecular flexibility index (Phi) is 11.1. The van der Waals surface area contributed by atoms with E-state index < -0.39 is 28.7 Å². The van der Waals surface area contributed by atoms with E-state index in [1.54, 1.807) is 55.5 Å². The first kappa shape index (κ1) is 35.6. The molecule has 0 fully saturated rings. The third-order valence-electron chi connectivity index (χ3n) is 7.63. The fraction of sp³-hybridized carbons (Fsp3) is 0.243. The number of carbonyl (C=O) groups excluding carboxylic acids is 1. The predicted molar refractivity (Wildman–Crippen MR) is 194 cm³/mol. The van der Waals surface area contributed by atoms with Crippen molar-refractivity contribution in [2.75, 3.05) is 25.1 Å². The first-order valence-corrected chi connectivity index (χ1v) is 16.4. The molecule has 258 valence electrons. The molecular formula is C37H36ClN5O7. The van der Waals surface area contributed by atoms with E-state index in [2.05, 4.69) is 24.3 Å². The molecule has 0 saturated heterocycles. The number of fused-ring (bicyclic) bond motifs is 1. The molecule has 0 aliphatic carbocycles. The summed E-state index contributed by atoms with van der Waals surface area (Å²) in [5.41, 5.74) is 2.79. The highest BCUT2D eigenvalue weighted by Gasteiger charge is 2.24.